The summed E-state index contributed by atoms with van der Waals surface area (Å²) in [6, 6.07) is 24.5. The molecule has 0 unspecified atom stereocenters. The summed E-state index contributed by atoms with van der Waals surface area (Å²) in [5.74, 6) is -0.426. The fourth-order valence-corrected chi connectivity index (χ4v) is 2.35. The molecule has 24 heavy (non-hydrogen) atoms. The largest absolute Gasteiger partial charge is 0.321 e. The number of amides is 1. The van der Waals surface area contributed by atoms with E-state index >= 15 is 0 Å². The van der Waals surface area contributed by atoms with E-state index < -0.39 is 5.91 Å². The Labute approximate surface area is 140 Å². The van der Waals surface area contributed by atoms with Crippen LogP contribution in [0.2, 0.25) is 0 Å². The van der Waals surface area contributed by atoms with Gasteiger partial charge in [0.1, 0.15) is 11.6 Å². The highest BCUT2D eigenvalue weighted by Crippen LogP contribution is 2.16. The number of benzene rings is 2. The SMILES string of the molecule is N#CC(=Cc1cccn1-c1ccccc1)C(=O)Nc1ccccc1. The Morgan fingerprint density at radius 2 is 1.62 bits per heavy atom. The number of aromatic nitrogens is 1. The number of carbonyl (C=O) groups is 1. The first-order chi connectivity index (χ1) is 11.8. The van der Waals surface area contributed by atoms with Crippen molar-refractivity contribution in [2.45, 2.75) is 0 Å². The second-order valence-electron chi connectivity index (χ2n) is 5.13. The normalized spacial score (nSPS) is 10.9. The molecule has 116 valence electrons. The van der Waals surface area contributed by atoms with Crippen molar-refractivity contribution in [2.75, 3.05) is 5.32 Å². The molecular formula is C20H15N3O. The van der Waals surface area contributed by atoms with Gasteiger partial charge in [-0.2, -0.15) is 5.26 Å². The van der Waals surface area contributed by atoms with Gasteiger partial charge in [-0.25, -0.2) is 0 Å². The molecule has 2 aromatic carbocycles. The Morgan fingerprint density at radius 3 is 2.29 bits per heavy atom. The van der Waals surface area contributed by atoms with Gasteiger partial charge in [-0.3, -0.25) is 4.79 Å². The predicted molar refractivity (Wildman–Crippen MR) is 94.4 cm³/mol. The average Bonchev–Trinajstić information content (AvgIpc) is 3.09. The van der Waals surface area contributed by atoms with E-state index in [0.717, 1.165) is 11.4 Å². The molecule has 0 radical (unpaired) electrons. The molecule has 0 saturated heterocycles. The number of carbonyl (C=O) groups excluding carboxylic acids is 1. The third-order valence-electron chi connectivity index (χ3n) is 3.50. The molecule has 3 aromatic rings. The number of nitrogens with zero attached hydrogens (tertiary/aromatic N) is 2. The number of hydrogen-bond acceptors (Lipinski definition) is 2. The van der Waals surface area contributed by atoms with Gasteiger partial charge >= 0.3 is 0 Å². The summed E-state index contributed by atoms with van der Waals surface area (Å²) >= 11 is 0. The third kappa shape index (κ3) is 3.42. The van der Waals surface area contributed by atoms with Gasteiger partial charge in [0.25, 0.3) is 5.91 Å². The maximum absolute atomic E-state index is 12.3. The van der Waals surface area contributed by atoms with E-state index in [0.29, 0.717) is 5.69 Å². The lowest BCUT2D eigenvalue weighted by molar-refractivity contribution is -0.112. The van der Waals surface area contributed by atoms with Crippen LogP contribution in [-0.4, -0.2) is 10.5 Å². The first-order valence-electron chi connectivity index (χ1n) is 7.49. The molecule has 1 amide bonds. The number of hydrogen-bond donors (Lipinski definition) is 1. The highest BCUT2D eigenvalue weighted by atomic mass is 16.1. The Morgan fingerprint density at radius 1 is 0.958 bits per heavy atom. The number of para-hydroxylation sites is 2. The molecule has 0 aliphatic heterocycles. The zero-order valence-corrected chi connectivity index (χ0v) is 12.9. The molecule has 3 rings (SSSR count). The average molecular weight is 313 g/mol. The second-order valence-corrected chi connectivity index (χ2v) is 5.13. The molecule has 0 bridgehead atoms. The lowest BCUT2D eigenvalue weighted by atomic mass is 10.2. The minimum absolute atomic E-state index is 0.0507. The van der Waals surface area contributed by atoms with E-state index in [1.165, 1.54) is 0 Å². The van der Waals surface area contributed by atoms with Gasteiger partial charge in [-0.05, 0) is 42.5 Å². The van der Waals surface area contributed by atoms with Crippen molar-refractivity contribution in [1.82, 2.24) is 4.57 Å². The maximum Gasteiger partial charge on any atom is 0.266 e. The fourth-order valence-electron chi connectivity index (χ4n) is 2.35. The minimum atomic E-state index is -0.426. The summed E-state index contributed by atoms with van der Waals surface area (Å²) in [4.78, 5) is 12.3. The molecule has 1 heterocycles. The lowest BCUT2D eigenvalue weighted by Crippen LogP contribution is -2.13. The quantitative estimate of drug-likeness (QED) is 0.584. The van der Waals surface area contributed by atoms with Crippen molar-refractivity contribution in [2.24, 2.45) is 0 Å². The van der Waals surface area contributed by atoms with Crippen molar-refractivity contribution in [1.29, 1.82) is 5.26 Å². The Kier molecular flexibility index (Phi) is 4.55. The smallest absolute Gasteiger partial charge is 0.266 e. The van der Waals surface area contributed by atoms with Gasteiger partial charge in [0.05, 0.1) is 0 Å². The van der Waals surface area contributed by atoms with Gasteiger partial charge in [0, 0.05) is 23.3 Å². The highest BCUT2D eigenvalue weighted by molar-refractivity contribution is 6.09. The molecule has 4 nitrogen and oxygen atoms in total. The number of nitrogens with one attached hydrogen (secondary N) is 1. The molecule has 0 saturated carbocycles. The van der Waals surface area contributed by atoms with Crippen LogP contribution in [0.1, 0.15) is 5.69 Å². The molecule has 0 aliphatic carbocycles. The molecule has 0 spiro atoms. The van der Waals surface area contributed by atoms with Gasteiger partial charge in [0.2, 0.25) is 0 Å². The fraction of sp³-hybridized carbons (Fsp3) is 0. The van der Waals surface area contributed by atoms with E-state index in [2.05, 4.69) is 5.32 Å². The summed E-state index contributed by atoms with van der Waals surface area (Å²) in [6.45, 7) is 0. The van der Waals surface area contributed by atoms with Gasteiger partial charge in [-0.15, -0.1) is 0 Å². The van der Waals surface area contributed by atoms with Crippen molar-refractivity contribution >= 4 is 17.7 Å². The van der Waals surface area contributed by atoms with Crippen LogP contribution in [0.25, 0.3) is 11.8 Å². The monoisotopic (exact) mass is 313 g/mol. The number of rotatable bonds is 4. The number of nitriles is 1. The Hall–Kier alpha value is -3.58. The summed E-state index contributed by atoms with van der Waals surface area (Å²) in [5.41, 5.74) is 2.44. The zero-order chi connectivity index (χ0) is 16.8. The summed E-state index contributed by atoms with van der Waals surface area (Å²) in [7, 11) is 0. The van der Waals surface area contributed by atoms with E-state index in [-0.39, 0.29) is 5.57 Å². The van der Waals surface area contributed by atoms with Gasteiger partial charge < -0.3 is 9.88 Å². The standard InChI is InChI=1S/C20H15N3O/c21-15-16(20(24)22-17-8-3-1-4-9-17)14-19-12-7-13-23(19)18-10-5-2-6-11-18/h1-14H,(H,22,24). The highest BCUT2D eigenvalue weighted by Gasteiger charge is 2.11. The molecular weight excluding hydrogens is 298 g/mol. The summed E-state index contributed by atoms with van der Waals surface area (Å²) in [5, 5.41) is 12.1. The van der Waals surface area contributed by atoms with Crippen LogP contribution < -0.4 is 5.32 Å². The first-order valence-corrected chi connectivity index (χ1v) is 7.49. The first kappa shape index (κ1) is 15.3. The van der Waals surface area contributed by atoms with Crippen LogP contribution in [0, 0.1) is 11.3 Å². The summed E-state index contributed by atoms with van der Waals surface area (Å²) in [6.07, 6.45) is 3.48. The van der Waals surface area contributed by atoms with Crippen LogP contribution in [0.5, 0.6) is 0 Å². The minimum Gasteiger partial charge on any atom is -0.321 e. The molecule has 0 aliphatic rings. The van der Waals surface area contributed by atoms with Crippen LogP contribution in [0.3, 0.4) is 0 Å². The lowest BCUT2D eigenvalue weighted by Gasteiger charge is -2.07. The third-order valence-corrected chi connectivity index (χ3v) is 3.50. The number of anilines is 1. The summed E-state index contributed by atoms with van der Waals surface area (Å²) < 4.78 is 1.92. The van der Waals surface area contributed by atoms with Gasteiger partial charge in [-0.1, -0.05) is 36.4 Å². The van der Waals surface area contributed by atoms with Crippen LogP contribution in [0.15, 0.2) is 84.6 Å². The van der Waals surface area contributed by atoms with Gasteiger partial charge in [0.15, 0.2) is 0 Å². The predicted octanol–water partition coefficient (Wildman–Crippen LogP) is 4.02. The molecule has 4 heteroatoms. The van der Waals surface area contributed by atoms with Crippen LogP contribution in [-0.2, 0) is 4.79 Å². The molecule has 1 aromatic heterocycles. The maximum atomic E-state index is 12.3. The van der Waals surface area contributed by atoms with Crippen LogP contribution >= 0.6 is 0 Å². The van der Waals surface area contributed by atoms with Crippen molar-refractivity contribution in [3.05, 3.63) is 90.3 Å². The molecule has 1 N–H and O–H groups in total. The van der Waals surface area contributed by atoms with Crippen molar-refractivity contribution in [3.63, 3.8) is 0 Å². The van der Waals surface area contributed by atoms with Crippen molar-refractivity contribution < 1.29 is 4.79 Å². The molecule has 0 atom stereocenters. The van der Waals surface area contributed by atoms with E-state index in [9.17, 15) is 10.1 Å². The van der Waals surface area contributed by atoms with Crippen molar-refractivity contribution in [3.8, 4) is 11.8 Å². The van der Waals surface area contributed by atoms with Crippen LogP contribution in [0.4, 0.5) is 5.69 Å². The second kappa shape index (κ2) is 7.12. The van der Waals surface area contributed by atoms with E-state index in [1.807, 2.05) is 77.5 Å². The Balaban J connectivity index is 1.88. The van der Waals surface area contributed by atoms with E-state index in [4.69, 9.17) is 0 Å². The topological polar surface area (TPSA) is 57.8 Å². The molecule has 0 fully saturated rings. The Bertz CT molecular complexity index is 903. The zero-order valence-electron chi connectivity index (χ0n) is 12.9. The van der Waals surface area contributed by atoms with E-state index in [1.54, 1.807) is 18.2 Å².